The van der Waals surface area contributed by atoms with Gasteiger partial charge in [0.1, 0.15) is 12.1 Å². The van der Waals surface area contributed by atoms with Crippen molar-refractivity contribution >= 4 is 5.97 Å². The second-order valence-electron chi connectivity index (χ2n) is 3.32. The Hall–Kier alpha value is -1.40. The molecule has 0 amide bonds. The summed E-state index contributed by atoms with van der Waals surface area (Å²) in [4.78, 5) is 14.4. The number of rotatable bonds is 5. The van der Waals surface area contributed by atoms with E-state index in [9.17, 15) is 9.90 Å². The Morgan fingerprint density at radius 1 is 1.73 bits per heavy atom. The van der Waals surface area contributed by atoms with E-state index in [1.54, 1.807) is 10.9 Å². The fraction of sp³-hybridized carbons (Fsp3) is 0.556. The van der Waals surface area contributed by atoms with Crippen molar-refractivity contribution in [3.8, 4) is 0 Å². The molecule has 1 rings (SSSR count). The molecule has 0 aliphatic heterocycles. The SMILES string of the molecule is CCCn1cncc1C(O)C(N)C(=O)O. The summed E-state index contributed by atoms with van der Waals surface area (Å²) in [5.74, 6) is -1.23. The van der Waals surface area contributed by atoms with E-state index in [1.165, 1.54) is 6.20 Å². The highest BCUT2D eigenvalue weighted by Crippen LogP contribution is 2.15. The quantitative estimate of drug-likeness (QED) is 0.625. The molecule has 1 heterocycles. The van der Waals surface area contributed by atoms with Gasteiger partial charge in [0.15, 0.2) is 0 Å². The lowest BCUT2D eigenvalue weighted by molar-refractivity contribution is -0.141. The molecule has 4 N–H and O–H groups in total. The highest BCUT2D eigenvalue weighted by molar-refractivity contribution is 5.74. The van der Waals surface area contributed by atoms with Gasteiger partial charge in [-0.05, 0) is 6.42 Å². The Labute approximate surface area is 87.3 Å². The molecule has 6 heteroatoms. The summed E-state index contributed by atoms with van der Waals surface area (Å²) in [5, 5.41) is 18.3. The molecule has 6 nitrogen and oxygen atoms in total. The summed E-state index contributed by atoms with van der Waals surface area (Å²) in [6.07, 6.45) is 2.63. The first kappa shape index (κ1) is 11.7. The Bertz CT molecular complexity index is 337. The number of imidazole rings is 1. The van der Waals surface area contributed by atoms with E-state index < -0.39 is 18.1 Å². The Morgan fingerprint density at radius 3 is 2.93 bits per heavy atom. The number of hydrogen-bond donors (Lipinski definition) is 3. The highest BCUT2D eigenvalue weighted by Gasteiger charge is 2.25. The Kier molecular flexibility index (Phi) is 3.81. The number of carbonyl (C=O) groups is 1. The third-order valence-corrected chi connectivity index (χ3v) is 2.14. The van der Waals surface area contributed by atoms with Crippen molar-refractivity contribution in [3.05, 3.63) is 18.2 Å². The molecular formula is C9H15N3O3. The van der Waals surface area contributed by atoms with Crippen molar-refractivity contribution in [2.45, 2.75) is 32.0 Å². The molecule has 2 atom stereocenters. The molecule has 1 aromatic heterocycles. The van der Waals surface area contributed by atoms with Crippen LogP contribution < -0.4 is 5.73 Å². The van der Waals surface area contributed by atoms with Gasteiger partial charge in [-0.3, -0.25) is 4.79 Å². The van der Waals surface area contributed by atoms with Crippen molar-refractivity contribution in [3.63, 3.8) is 0 Å². The van der Waals surface area contributed by atoms with E-state index in [0.717, 1.165) is 6.42 Å². The van der Waals surface area contributed by atoms with Gasteiger partial charge in [0.25, 0.3) is 0 Å². The lowest BCUT2D eigenvalue weighted by atomic mass is 10.1. The van der Waals surface area contributed by atoms with E-state index in [-0.39, 0.29) is 0 Å². The smallest absolute Gasteiger partial charge is 0.323 e. The molecule has 0 radical (unpaired) electrons. The second-order valence-corrected chi connectivity index (χ2v) is 3.32. The van der Waals surface area contributed by atoms with Crippen LogP contribution in [0.25, 0.3) is 0 Å². The average molecular weight is 213 g/mol. The molecule has 0 saturated heterocycles. The standard InChI is InChI=1S/C9H15N3O3/c1-2-3-12-5-11-4-6(12)8(13)7(10)9(14)15/h4-5,7-8,13H,2-3,10H2,1H3,(H,14,15). The van der Waals surface area contributed by atoms with Gasteiger partial charge in [0.05, 0.1) is 18.2 Å². The molecule has 0 aromatic carbocycles. The van der Waals surface area contributed by atoms with Gasteiger partial charge in [0.2, 0.25) is 0 Å². The second kappa shape index (κ2) is 4.90. The minimum absolute atomic E-state index is 0.437. The first-order valence-electron chi connectivity index (χ1n) is 4.74. The lowest BCUT2D eigenvalue weighted by Gasteiger charge is -2.16. The van der Waals surface area contributed by atoms with Crippen LogP contribution >= 0.6 is 0 Å². The monoisotopic (exact) mass is 213 g/mol. The molecule has 1 aromatic rings. The molecule has 0 aliphatic carbocycles. The molecule has 0 fully saturated rings. The number of aliphatic hydroxyl groups excluding tert-OH is 1. The number of aliphatic hydroxyl groups is 1. The van der Waals surface area contributed by atoms with E-state index in [4.69, 9.17) is 10.8 Å². The fourth-order valence-electron chi connectivity index (χ4n) is 1.32. The van der Waals surface area contributed by atoms with Gasteiger partial charge in [0, 0.05) is 6.54 Å². The van der Waals surface area contributed by atoms with Crippen molar-refractivity contribution in [2.24, 2.45) is 5.73 Å². The lowest BCUT2D eigenvalue weighted by Crippen LogP contribution is -2.37. The maximum atomic E-state index is 10.6. The Balaban J connectivity index is 2.85. The minimum atomic E-state index is -1.32. The van der Waals surface area contributed by atoms with Crippen molar-refractivity contribution in [2.75, 3.05) is 0 Å². The van der Waals surface area contributed by atoms with Gasteiger partial charge >= 0.3 is 5.97 Å². The van der Waals surface area contributed by atoms with Crippen LogP contribution in [-0.2, 0) is 11.3 Å². The summed E-state index contributed by atoms with van der Waals surface area (Å²) in [6, 6.07) is -1.32. The van der Waals surface area contributed by atoms with Gasteiger partial charge in [-0.1, -0.05) is 6.92 Å². The van der Waals surface area contributed by atoms with E-state index in [2.05, 4.69) is 4.98 Å². The third kappa shape index (κ3) is 2.54. The maximum absolute atomic E-state index is 10.6. The largest absolute Gasteiger partial charge is 0.480 e. The molecule has 0 aliphatic rings. The summed E-state index contributed by atoms with van der Waals surface area (Å²) in [6.45, 7) is 2.66. The molecule has 0 bridgehead atoms. The zero-order chi connectivity index (χ0) is 11.4. The number of hydrogen-bond acceptors (Lipinski definition) is 4. The molecule has 84 valence electrons. The van der Waals surface area contributed by atoms with Gasteiger partial charge in [-0.25, -0.2) is 4.98 Å². The van der Waals surface area contributed by atoms with Crippen molar-refractivity contribution < 1.29 is 15.0 Å². The summed E-state index contributed by atoms with van der Waals surface area (Å²) >= 11 is 0. The molecule has 0 spiro atoms. The van der Waals surface area contributed by atoms with Crippen LogP contribution in [0.1, 0.15) is 25.1 Å². The van der Waals surface area contributed by atoms with Crippen molar-refractivity contribution in [1.82, 2.24) is 9.55 Å². The van der Waals surface area contributed by atoms with Crippen LogP contribution in [0.5, 0.6) is 0 Å². The van der Waals surface area contributed by atoms with Crippen LogP contribution in [0.4, 0.5) is 0 Å². The number of carboxylic acid groups (broad SMARTS) is 1. The van der Waals surface area contributed by atoms with Crippen LogP contribution in [0, 0.1) is 0 Å². The molecule has 2 unspecified atom stereocenters. The van der Waals surface area contributed by atoms with Crippen LogP contribution in [-0.4, -0.2) is 31.8 Å². The fourth-order valence-corrected chi connectivity index (χ4v) is 1.32. The molecule has 15 heavy (non-hydrogen) atoms. The van der Waals surface area contributed by atoms with E-state index >= 15 is 0 Å². The first-order valence-corrected chi connectivity index (χ1v) is 4.74. The third-order valence-electron chi connectivity index (χ3n) is 2.14. The predicted octanol–water partition coefficient (Wildman–Crippen LogP) is -0.262. The number of nitrogens with two attached hydrogens (primary N) is 1. The van der Waals surface area contributed by atoms with Crippen LogP contribution in [0.15, 0.2) is 12.5 Å². The maximum Gasteiger partial charge on any atom is 0.323 e. The molecular weight excluding hydrogens is 198 g/mol. The average Bonchev–Trinajstić information content (AvgIpc) is 2.64. The number of carboxylic acids is 1. The van der Waals surface area contributed by atoms with Crippen molar-refractivity contribution in [1.29, 1.82) is 0 Å². The summed E-state index contributed by atoms with van der Waals surface area (Å²) in [5.41, 5.74) is 5.76. The minimum Gasteiger partial charge on any atom is -0.480 e. The number of aliphatic carboxylic acids is 1. The topological polar surface area (TPSA) is 101 Å². The van der Waals surface area contributed by atoms with Crippen LogP contribution in [0.3, 0.4) is 0 Å². The highest BCUT2D eigenvalue weighted by atomic mass is 16.4. The Morgan fingerprint density at radius 2 is 2.40 bits per heavy atom. The normalized spacial score (nSPS) is 14.9. The zero-order valence-electron chi connectivity index (χ0n) is 8.50. The van der Waals surface area contributed by atoms with Crippen LogP contribution in [0.2, 0.25) is 0 Å². The number of aryl methyl sites for hydroxylation is 1. The van der Waals surface area contributed by atoms with Gasteiger partial charge in [-0.2, -0.15) is 0 Å². The van der Waals surface area contributed by atoms with Gasteiger partial charge < -0.3 is 20.5 Å². The zero-order valence-corrected chi connectivity index (χ0v) is 8.50. The summed E-state index contributed by atoms with van der Waals surface area (Å²) in [7, 11) is 0. The van der Waals surface area contributed by atoms with E-state index in [1.807, 2.05) is 6.92 Å². The molecule has 0 saturated carbocycles. The summed E-state index contributed by atoms with van der Waals surface area (Å²) < 4.78 is 1.70. The van der Waals surface area contributed by atoms with Gasteiger partial charge in [-0.15, -0.1) is 0 Å². The number of nitrogens with zero attached hydrogens (tertiary/aromatic N) is 2. The number of aromatic nitrogens is 2. The first-order chi connectivity index (χ1) is 7.07. The predicted molar refractivity (Wildman–Crippen MR) is 53.1 cm³/mol. The van der Waals surface area contributed by atoms with E-state index in [0.29, 0.717) is 12.2 Å².